The number of benzene rings is 1. The molecule has 172 valence electrons. The Morgan fingerprint density at radius 2 is 2.16 bits per heavy atom. The Morgan fingerprint density at radius 1 is 1.34 bits per heavy atom. The maximum atomic E-state index is 11.1. The van der Waals surface area contributed by atoms with E-state index in [0.717, 1.165) is 28.1 Å². The van der Waals surface area contributed by atoms with Crippen molar-refractivity contribution in [2.24, 2.45) is 0 Å². The Bertz CT molecular complexity index is 1050. The van der Waals surface area contributed by atoms with Gasteiger partial charge in [-0.1, -0.05) is 12.1 Å². The number of aliphatic hydroxyl groups is 2. The lowest BCUT2D eigenvalue weighted by Gasteiger charge is -2.17. The Kier molecular flexibility index (Phi) is 8.34. The minimum atomic E-state index is -0.896. The molecule has 0 spiro atoms. The molecular formula is C22H28N4O5S. The molecule has 0 aliphatic rings. The summed E-state index contributed by atoms with van der Waals surface area (Å²) < 4.78 is 11.3. The number of ether oxygens (including phenoxy) is 1. The monoisotopic (exact) mass is 460 g/mol. The van der Waals surface area contributed by atoms with Gasteiger partial charge in [-0.15, -0.1) is 11.3 Å². The minimum Gasteiger partial charge on any atom is -0.490 e. The van der Waals surface area contributed by atoms with Crippen LogP contribution in [0.2, 0.25) is 0 Å². The first-order valence-corrected chi connectivity index (χ1v) is 11.2. The highest BCUT2D eigenvalue weighted by atomic mass is 32.1. The maximum absolute atomic E-state index is 11.1. The van der Waals surface area contributed by atoms with Crippen LogP contribution in [0.1, 0.15) is 22.9 Å². The SMILES string of the molecule is CCc1cc(-c2noc(-c3ccc(CNC)s3)n2)cc(C)c1OC[C@@H](O)CNC(=O)CO. The summed E-state index contributed by atoms with van der Waals surface area (Å²) in [6.45, 7) is 4.12. The number of aromatic nitrogens is 2. The zero-order chi connectivity index (χ0) is 23.1. The van der Waals surface area contributed by atoms with Gasteiger partial charge in [-0.3, -0.25) is 4.79 Å². The van der Waals surface area contributed by atoms with Crippen LogP contribution in [-0.4, -0.2) is 59.2 Å². The highest BCUT2D eigenvalue weighted by Crippen LogP contribution is 2.32. The summed E-state index contributed by atoms with van der Waals surface area (Å²) in [6, 6.07) is 7.89. The lowest BCUT2D eigenvalue weighted by atomic mass is 10.0. The van der Waals surface area contributed by atoms with Crippen LogP contribution >= 0.6 is 11.3 Å². The molecule has 2 aromatic heterocycles. The van der Waals surface area contributed by atoms with E-state index in [4.69, 9.17) is 14.4 Å². The molecule has 0 saturated heterocycles. The van der Waals surface area contributed by atoms with Crippen molar-refractivity contribution in [3.8, 4) is 27.9 Å². The van der Waals surface area contributed by atoms with Crippen molar-refractivity contribution in [3.63, 3.8) is 0 Å². The lowest BCUT2D eigenvalue weighted by molar-refractivity contribution is -0.124. The fourth-order valence-electron chi connectivity index (χ4n) is 3.17. The Balaban J connectivity index is 1.73. The molecule has 0 radical (unpaired) electrons. The standard InChI is InChI=1S/C22H28N4O5S/c1-4-14-8-15(7-13(2)20(14)30-12-16(28)9-24-19(29)11-27)21-25-22(31-26-21)18-6-5-17(32-18)10-23-3/h5-8,16,23,27-28H,4,9-12H2,1-3H3,(H,24,29)/t16-/m0/s1. The Hall–Kier alpha value is -2.79. The van der Waals surface area contributed by atoms with Gasteiger partial charge in [-0.25, -0.2) is 0 Å². The summed E-state index contributed by atoms with van der Waals surface area (Å²) in [4.78, 5) is 17.8. The number of hydrogen-bond acceptors (Lipinski definition) is 9. The van der Waals surface area contributed by atoms with Crippen LogP contribution in [0, 0.1) is 6.92 Å². The third-order valence-electron chi connectivity index (χ3n) is 4.74. The fourth-order valence-corrected chi connectivity index (χ4v) is 4.12. The molecule has 1 aromatic carbocycles. The zero-order valence-electron chi connectivity index (χ0n) is 18.3. The van der Waals surface area contributed by atoms with Gasteiger partial charge in [0.25, 0.3) is 5.89 Å². The number of thiophene rings is 1. The number of rotatable bonds is 11. The lowest BCUT2D eigenvalue weighted by Crippen LogP contribution is -2.36. The van der Waals surface area contributed by atoms with Crippen molar-refractivity contribution in [2.45, 2.75) is 32.9 Å². The van der Waals surface area contributed by atoms with Crippen molar-refractivity contribution >= 4 is 17.2 Å². The van der Waals surface area contributed by atoms with E-state index >= 15 is 0 Å². The third-order valence-corrected chi connectivity index (χ3v) is 5.81. The molecule has 0 aliphatic carbocycles. The van der Waals surface area contributed by atoms with Crippen LogP contribution in [0.5, 0.6) is 5.75 Å². The topological polar surface area (TPSA) is 130 Å². The molecule has 4 N–H and O–H groups in total. The van der Waals surface area contributed by atoms with Gasteiger partial charge in [0.1, 0.15) is 25.1 Å². The molecule has 9 nitrogen and oxygen atoms in total. The van der Waals surface area contributed by atoms with Crippen LogP contribution in [0.3, 0.4) is 0 Å². The van der Waals surface area contributed by atoms with E-state index in [2.05, 4.69) is 20.8 Å². The minimum absolute atomic E-state index is 0.00235. The van der Waals surface area contributed by atoms with Gasteiger partial charge in [0.05, 0.1) is 4.88 Å². The molecule has 3 rings (SSSR count). The summed E-state index contributed by atoms with van der Waals surface area (Å²) in [5, 5.41) is 28.4. The molecule has 0 fully saturated rings. The largest absolute Gasteiger partial charge is 0.490 e. The first-order valence-electron chi connectivity index (χ1n) is 10.3. The molecule has 0 saturated carbocycles. The predicted molar refractivity (Wildman–Crippen MR) is 122 cm³/mol. The fraction of sp³-hybridized carbons (Fsp3) is 0.409. The van der Waals surface area contributed by atoms with Gasteiger partial charge in [-0.05, 0) is 55.8 Å². The smallest absolute Gasteiger partial charge is 0.268 e. The molecule has 0 aliphatic heterocycles. The summed E-state index contributed by atoms with van der Waals surface area (Å²) in [5.41, 5.74) is 2.65. The molecule has 1 amide bonds. The summed E-state index contributed by atoms with van der Waals surface area (Å²) >= 11 is 1.61. The van der Waals surface area contributed by atoms with Crippen LogP contribution in [0.25, 0.3) is 22.2 Å². The molecule has 0 unspecified atom stereocenters. The van der Waals surface area contributed by atoms with E-state index in [0.29, 0.717) is 23.9 Å². The van der Waals surface area contributed by atoms with Gasteiger partial charge >= 0.3 is 0 Å². The van der Waals surface area contributed by atoms with E-state index in [9.17, 15) is 9.90 Å². The van der Waals surface area contributed by atoms with Gasteiger partial charge in [0.2, 0.25) is 11.7 Å². The average Bonchev–Trinajstić information content (AvgIpc) is 3.46. The molecule has 32 heavy (non-hydrogen) atoms. The number of nitrogens with zero attached hydrogens (tertiary/aromatic N) is 2. The van der Waals surface area contributed by atoms with E-state index in [1.54, 1.807) is 11.3 Å². The normalized spacial score (nSPS) is 12.0. The highest BCUT2D eigenvalue weighted by molar-refractivity contribution is 7.15. The van der Waals surface area contributed by atoms with E-state index < -0.39 is 18.6 Å². The first kappa shape index (κ1) is 23.9. The molecule has 2 heterocycles. The first-order chi connectivity index (χ1) is 15.4. The number of carbonyl (C=O) groups is 1. The second-order valence-electron chi connectivity index (χ2n) is 7.28. The van der Waals surface area contributed by atoms with Gasteiger partial charge in [0.15, 0.2) is 0 Å². The van der Waals surface area contributed by atoms with Crippen molar-refractivity contribution < 1.29 is 24.3 Å². The van der Waals surface area contributed by atoms with Gasteiger partial charge in [0, 0.05) is 23.5 Å². The number of nitrogens with one attached hydrogen (secondary N) is 2. The van der Waals surface area contributed by atoms with Gasteiger partial charge < -0.3 is 30.1 Å². The molecule has 10 heteroatoms. The van der Waals surface area contributed by atoms with Crippen molar-refractivity contribution in [1.82, 2.24) is 20.8 Å². The van der Waals surface area contributed by atoms with Crippen LogP contribution in [0.15, 0.2) is 28.8 Å². The predicted octanol–water partition coefficient (Wildman–Crippen LogP) is 1.90. The molecule has 3 aromatic rings. The second-order valence-corrected chi connectivity index (χ2v) is 8.45. The second kappa shape index (κ2) is 11.2. The average molecular weight is 461 g/mol. The third kappa shape index (κ3) is 5.92. The van der Waals surface area contributed by atoms with Crippen molar-refractivity contribution in [2.75, 3.05) is 26.8 Å². The van der Waals surface area contributed by atoms with E-state index in [1.807, 2.05) is 45.2 Å². The Labute approximate surface area is 190 Å². The highest BCUT2D eigenvalue weighted by Gasteiger charge is 2.17. The van der Waals surface area contributed by atoms with Crippen LogP contribution in [-0.2, 0) is 17.8 Å². The number of aliphatic hydroxyl groups excluding tert-OH is 2. The summed E-state index contributed by atoms with van der Waals surface area (Å²) in [7, 11) is 1.90. The van der Waals surface area contributed by atoms with E-state index in [-0.39, 0.29) is 13.2 Å². The van der Waals surface area contributed by atoms with Crippen molar-refractivity contribution in [1.29, 1.82) is 0 Å². The van der Waals surface area contributed by atoms with Gasteiger partial charge in [-0.2, -0.15) is 4.98 Å². The quantitative estimate of drug-likeness (QED) is 0.341. The van der Waals surface area contributed by atoms with Crippen LogP contribution in [0.4, 0.5) is 0 Å². The Morgan fingerprint density at radius 3 is 2.88 bits per heavy atom. The zero-order valence-corrected chi connectivity index (χ0v) is 19.2. The van der Waals surface area contributed by atoms with E-state index in [1.165, 1.54) is 4.88 Å². The molecule has 1 atom stereocenters. The number of hydrogen-bond donors (Lipinski definition) is 4. The number of amides is 1. The summed E-state index contributed by atoms with van der Waals surface area (Å²) in [5.74, 6) is 1.12. The number of carbonyl (C=O) groups excluding carboxylic acids is 1. The number of aryl methyl sites for hydroxylation is 2. The summed E-state index contributed by atoms with van der Waals surface area (Å²) in [6.07, 6.45) is -0.183. The van der Waals surface area contributed by atoms with Crippen LogP contribution < -0.4 is 15.4 Å². The molecule has 0 bridgehead atoms. The maximum Gasteiger partial charge on any atom is 0.268 e. The van der Waals surface area contributed by atoms with Crippen molar-refractivity contribution in [3.05, 3.63) is 40.3 Å². The molecular weight excluding hydrogens is 432 g/mol.